The number of amides is 2. The van der Waals surface area contributed by atoms with Gasteiger partial charge in [0, 0.05) is 30.1 Å². The summed E-state index contributed by atoms with van der Waals surface area (Å²) in [5, 5.41) is 14.5. The number of carbonyl (C=O) groups excluding carboxylic acids is 1. The summed E-state index contributed by atoms with van der Waals surface area (Å²) in [6, 6.07) is 4.10. The molecule has 3 heterocycles. The molecule has 1 fully saturated rings. The Bertz CT molecular complexity index is 846. The van der Waals surface area contributed by atoms with E-state index in [-0.39, 0.29) is 24.4 Å². The van der Waals surface area contributed by atoms with Gasteiger partial charge in [0.25, 0.3) is 0 Å². The lowest BCUT2D eigenvalue weighted by atomic mass is 10.0. The molecule has 2 amide bonds. The minimum absolute atomic E-state index is 0.282. The van der Waals surface area contributed by atoms with Crippen LogP contribution in [0, 0.1) is 5.82 Å². The van der Waals surface area contributed by atoms with Crippen LogP contribution >= 0.6 is 11.6 Å². The quantitative estimate of drug-likeness (QED) is 0.753. The van der Waals surface area contributed by atoms with Gasteiger partial charge in [0.1, 0.15) is 11.6 Å². The van der Waals surface area contributed by atoms with Crippen molar-refractivity contribution in [3.8, 4) is 0 Å². The molecule has 2 N–H and O–H groups in total. The van der Waals surface area contributed by atoms with Crippen LogP contribution in [0.1, 0.15) is 48.9 Å². The van der Waals surface area contributed by atoms with E-state index in [1.165, 1.54) is 6.07 Å². The zero-order valence-electron chi connectivity index (χ0n) is 16.3. The molecule has 1 aromatic carbocycles. The summed E-state index contributed by atoms with van der Waals surface area (Å²) in [7, 11) is 0. The predicted molar refractivity (Wildman–Crippen MR) is 108 cm³/mol. The van der Waals surface area contributed by atoms with Crippen molar-refractivity contribution in [2.24, 2.45) is 0 Å². The predicted octanol–water partition coefficient (Wildman–Crippen LogP) is 3.04. The van der Waals surface area contributed by atoms with E-state index in [9.17, 15) is 9.18 Å². The van der Waals surface area contributed by atoms with Crippen molar-refractivity contribution in [1.82, 2.24) is 30.3 Å². The molecule has 2 aliphatic rings. The fourth-order valence-electron chi connectivity index (χ4n) is 4.21. The Morgan fingerprint density at radius 3 is 2.72 bits per heavy atom. The van der Waals surface area contributed by atoms with Crippen molar-refractivity contribution in [3.63, 3.8) is 0 Å². The minimum atomic E-state index is -0.341. The summed E-state index contributed by atoms with van der Waals surface area (Å²) >= 11 is 6.30. The van der Waals surface area contributed by atoms with E-state index in [1.807, 2.05) is 0 Å². The number of carbonyl (C=O) groups is 1. The Morgan fingerprint density at radius 1 is 1.14 bits per heavy atom. The van der Waals surface area contributed by atoms with Crippen molar-refractivity contribution in [2.45, 2.75) is 51.2 Å². The Hall–Kier alpha value is -2.19. The standard InChI is InChI=1S/C20H26ClFN6O/c21-14-6-5-7-15(22)19(14)16(27-9-3-4-10-27)12-23-20(29)24-13-18-26-25-17-8-1-2-11-28(17)18/h5-7,16H,1-4,8-13H2,(H2,23,24,29). The van der Waals surface area contributed by atoms with Crippen LogP contribution in [0.25, 0.3) is 0 Å². The molecule has 156 valence electrons. The highest BCUT2D eigenvalue weighted by atomic mass is 35.5. The summed E-state index contributed by atoms with van der Waals surface area (Å²) in [5.41, 5.74) is 0.447. The first kappa shape index (κ1) is 20.1. The van der Waals surface area contributed by atoms with Gasteiger partial charge < -0.3 is 15.2 Å². The summed E-state index contributed by atoms with van der Waals surface area (Å²) < 4.78 is 16.6. The largest absolute Gasteiger partial charge is 0.336 e. The van der Waals surface area contributed by atoms with Gasteiger partial charge in [-0.1, -0.05) is 17.7 Å². The van der Waals surface area contributed by atoms with Gasteiger partial charge in [-0.2, -0.15) is 0 Å². The third kappa shape index (κ3) is 4.53. The van der Waals surface area contributed by atoms with Crippen LogP contribution in [0.15, 0.2) is 18.2 Å². The van der Waals surface area contributed by atoms with Gasteiger partial charge in [-0.3, -0.25) is 4.90 Å². The van der Waals surface area contributed by atoms with Crippen molar-refractivity contribution in [3.05, 3.63) is 46.3 Å². The number of urea groups is 1. The monoisotopic (exact) mass is 420 g/mol. The number of hydrogen-bond acceptors (Lipinski definition) is 4. The number of rotatable bonds is 6. The summed E-state index contributed by atoms with van der Waals surface area (Å²) in [5.74, 6) is 1.41. The van der Waals surface area contributed by atoms with Gasteiger partial charge in [0.05, 0.1) is 12.6 Å². The van der Waals surface area contributed by atoms with E-state index in [0.717, 1.165) is 63.4 Å². The molecule has 9 heteroatoms. The van der Waals surface area contributed by atoms with Gasteiger partial charge >= 0.3 is 6.03 Å². The maximum Gasteiger partial charge on any atom is 0.315 e. The maximum atomic E-state index is 14.5. The van der Waals surface area contributed by atoms with Gasteiger partial charge in [-0.05, 0) is 50.9 Å². The Kier molecular flexibility index (Phi) is 6.30. The van der Waals surface area contributed by atoms with Crippen LogP contribution in [0.3, 0.4) is 0 Å². The zero-order valence-corrected chi connectivity index (χ0v) is 17.1. The molecule has 1 atom stereocenters. The van der Waals surface area contributed by atoms with E-state index in [1.54, 1.807) is 12.1 Å². The second-order valence-corrected chi connectivity index (χ2v) is 8.01. The number of halogens is 2. The van der Waals surface area contributed by atoms with Crippen molar-refractivity contribution in [2.75, 3.05) is 19.6 Å². The first-order chi connectivity index (χ1) is 14.1. The molecule has 1 unspecified atom stereocenters. The lowest BCUT2D eigenvalue weighted by molar-refractivity contribution is 0.218. The lowest BCUT2D eigenvalue weighted by Crippen LogP contribution is -2.42. The van der Waals surface area contributed by atoms with Crippen LogP contribution in [0.5, 0.6) is 0 Å². The van der Waals surface area contributed by atoms with Crippen LogP contribution in [0.4, 0.5) is 9.18 Å². The fourth-order valence-corrected chi connectivity index (χ4v) is 4.50. The number of likely N-dealkylation sites (tertiary alicyclic amines) is 1. The number of benzene rings is 1. The molecule has 0 aliphatic carbocycles. The van der Waals surface area contributed by atoms with Crippen LogP contribution in [0.2, 0.25) is 5.02 Å². The average Bonchev–Trinajstić information content (AvgIpc) is 3.38. The van der Waals surface area contributed by atoms with Crippen molar-refractivity contribution in [1.29, 1.82) is 0 Å². The normalized spacial score (nSPS) is 17.7. The molecule has 0 radical (unpaired) electrons. The summed E-state index contributed by atoms with van der Waals surface area (Å²) in [4.78, 5) is 14.6. The molecule has 0 spiro atoms. The molecule has 7 nitrogen and oxygen atoms in total. The number of fused-ring (bicyclic) bond motifs is 1. The first-order valence-electron chi connectivity index (χ1n) is 10.2. The molecular formula is C20H26ClFN6O. The van der Waals surface area contributed by atoms with Gasteiger partial charge in [-0.15, -0.1) is 10.2 Å². The second-order valence-electron chi connectivity index (χ2n) is 7.60. The van der Waals surface area contributed by atoms with Gasteiger partial charge in [-0.25, -0.2) is 9.18 Å². The van der Waals surface area contributed by atoms with E-state index in [2.05, 4.69) is 30.3 Å². The van der Waals surface area contributed by atoms with Crippen molar-refractivity contribution >= 4 is 17.6 Å². The van der Waals surface area contributed by atoms with Gasteiger partial charge in [0.15, 0.2) is 5.82 Å². The molecule has 29 heavy (non-hydrogen) atoms. The highest BCUT2D eigenvalue weighted by Crippen LogP contribution is 2.31. The van der Waals surface area contributed by atoms with Crippen LogP contribution < -0.4 is 10.6 Å². The van der Waals surface area contributed by atoms with Gasteiger partial charge in [0.2, 0.25) is 0 Å². The van der Waals surface area contributed by atoms with Crippen LogP contribution in [-0.2, 0) is 19.5 Å². The van der Waals surface area contributed by atoms with Crippen molar-refractivity contribution < 1.29 is 9.18 Å². The van der Waals surface area contributed by atoms with E-state index >= 15 is 0 Å². The Labute approximate surface area is 174 Å². The number of nitrogens with zero attached hydrogens (tertiary/aromatic N) is 4. The lowest BCUT2D eigenvalue weighted by Gasteiger charge is -2.29. The van der Waals surface area contributed by atoms with E-state index in [0.29, 0.717) is 17.1 Å². The third-order valence-electron chi connectivity index (χ3n) is 5.71. The molecule has 4 rings (SSSR count). The SMILES string of the molecule is O=C(NCc1nnc2n1CCCC2)NCC(c1c(F)cccc1Cl)N1CCCC1. The molecule has 1 aromatic heterocycles. The summed E-state index contributed by atoms with van der Waals surface area (Å²) in [6.07, 6.45) is 5.29. The first-order valence-corrected chi connectivity index (χ1v) is 10.6. The smallest absolute Gasteiger partial charge is 0.315 e. The molecule has 1 saturated heterocycles. The average molecular weight is 421 g/mol. The minimum Gasteiger partial charge on any atom is -0.336 e. The Balaban J connectivity index is 1.38. The topological polar surface area (TPSA) is 75.1 Å². The summed E-state index contributed by atoms with van der Waals surface area (Å²) in [6.45, 7) is 3.22. The molecule has 0 bridgehead atoms. The molecular weight excluding hydrogens is 395 g/mol. The third-order valence-corrected chi connectivity index (χ3v) is 6.04. The molecule has 2 aromatic rings. The molecule has 2 aliphatic heterocycles. The highest BCUT2D eigenvalue weighted by Gasteiger charge is 2.28. The number of nitrogens with one attached hydrogen (secondary N) is 2. The zero-order chi connectivity index (χ0) is 20.2. The number of aryl methyl sites for hydroxylation is 1. The molecule has 0 saturated carbocycles. The highest BCUT2D eigenvalue weighted by molar-refractivity contribution is 6.31. The second kappa shape index (κ2) is 9.09. The fraction of sp³-hybridized carbons (Fsp3) is 0.550. The number of aromatic nitrogens is 3. The van der Waals surface area contributed by atoms with Crippen LogP contribution in [-0.4, -0.2) is 45.3 Å². The van der Waals surface area contributed by atoms with E-state index < -0.39 is 0 Å². The Morgan fingerprint density at radius 2 is 1.93 bits per heavy atom. The number of hydrogen-bond donors (Lipinski definition) is 2. The van der Waals surface area contributed by atoms with E-state index in [4.69, 9.17) is 11.6 Å². The maximum absolute atomic E-state index is 14.5.